The number of carbonyl (C=O) groups excluding carboxylic acids is 1. The molecule has 118 valence electrons. The monoisotopic (exact) mass is 346 g/mol. The molecule has 1 aliphatic heterocycles. The van der Waals surface area contributed by atoms with E-state index < -0.39 is 5.72 Å². The van der Waals surface area contributed by atoms with Gasteiger partial charge in [-0.3, -0.25) is 14.6 Å². The third-order valence-electron chi connectivity index (χ3n) is 3.71. The lowest BCUT2D eigenvalue weighted by molar-refractivity contribution is 0.0588. The number of hydrogen-bond donors (Lipinski definition) is 1. The van der Waals surface area contributed by atoms with Crippen LogP contribution in [0.4, 0.5) is 5.69 Å². The van der Waals surface area contributed by atoms with Crippen molar-refractivity contribution in [2.45, 2.75) is 12.6 Å². The van der Waals surface area contributed by atoms with Gasteiger partial charge >= 0.3 is 0 Å². The molecule has 1 fully saturated rings. The zero-order chi connectivity index (χ0) is 16.6. The molecular formula is C17H15ClN2O2S. The fourth-order valence-electron chi connectivity index (χ4n) is 2.64. The average Bonchev–Trinajstić information content (AvgIpc) is 2.78. The Morgan fingerprint density at radius 2 is 1.78 bits per heavy atom. The molecule has 1 atom stereocenters. The van der Waals surface area contributed by atoms with E-state index in [2.05, 4.69) is 0 Å². The standard InChI is InChI=1S/C17H15ClN2O2S/c1-17(22)11-19(15(21)12-5-3-2-4-6-12)16(23)20(17)14-9-7-13(18)8-10-14/h2-10,22H,11H2,1H3/t17-/m0/s1. The fraction of sp³-hybridized carbons (Fsp3) is 0.176. The van der Waals surface area contributed by atoms with Crippen LogP contribution in [0, 0.1) is 0 Å². The molecule has 0 bridgehead atoms. The number of aliphatic hydroxyl groups is 1. The van der Waals surface area contributed by atoms with Crippen LogP contribution in [0.15, 0.2) is 54.6 Å². The smallest absolute Gasteiger partial charge is 0.260 e. The molecule has 23 heavy (non-hydrogen) atoms. The van der Waals surface area contributed by atoms with Crippen LogP contribution in [0.1, 0.15) is 17.3 Å². The SMILES string of the molecule is C[C@]1(O)CN(C(=O)c2ccccc2)C(=S)N1c1ccc(Cl)cc1. The lowest BCUT2D eigenvalue weighted by Crippen LogP contribution is -2.44. The number of thiocarbonyl (C=S) groups is 1. The number of rotatable bonds is 2. The first-order valence-corrected chi connectivity index (χ1v) is 7.88. The van der Waals surface area contributed by atoms with Gasteiger partial charge in [-0.25, -0.2) is 0 Å². The van der Waals surface area contributed by atoms with Crippen LogP contribution < -0.4 is 4.90 Å². The van der Waals surface area contributed by atoms with Gasteiger partial charge < -0.3 is 5.11 Å². The summed E-state index contributed by atoms with van der Waals surface area (Å²) >= 11 is 11.3. The minimum atomic E-state index is -1.28. The Bertz CT molecular complexity index is 747. The first-order chi connectivity index (χ1) is 10.9. The second-order valence-corrected chi connectivity index (χ2v) is 6.37. The lowest BCUT2D eigenvalue weighted by Gasteiger charge is -2.29. The highest BCUT2D eigenvalue weighted by Crippen LogP contribution is 2.32. The molecule has 1 saturated heterocycles. The number of halogens is 1. The second kappa shape index (κ2) is 5.92. The van der Waals surface area contributed by atoms with Gasteiger partial charge in [0.25, 0.3) is 5.91 Å². The van der Waals surface area contributed by atoms with Crippen molar-refractivity contribution in [3.63, 3.8) is 0 Å². The molecule has 0 unspecified atom stereocenters. The van der Waals surface area contributed by atoms with Crippen LogP contribution in [0.5, 0.6) is 0 Å². The van der Waals surface area contributed by atoms with Crippen LogP contribution >= 0.6 is 23.8 Å². The average molecular weight is 347 g/mol. The third-order valence-corrected chi connectivity index (χ3v) is 4.37. The van der Waals surface area contributed by atoms with Crippen LogP contribution in [0.2, 0.25) is 5.02 Å². The zero-order valence-electron chi connectivity index (χ0n) is 12.4. The maximum absolute atomic E-state index is 12.7. The van der Waals surface area contributed by atoms with Crippen LogP contribution in [-0.2, 0) is 0 Å². The van der Waals surface area contributed by atoms with Gasteiger partial charge in [-0.1, -0.05) is 29.8 Å². The fourth-order valence-corrected chi connectivity index (χ4v) is 3.21. The molecule has 0 radical (unpaired) electrons. The topological polar surface area (TPSA) is 43.8 Å². The predicted molar refractivity (Wildman–Crippen MR) is 94.6 cm³/mol. The molecule has 1 amide bonds. The number of amides is 1. The summed E-state index contributed by atoms with van der Waals surface area (Å²) in [6.07, 6.45) is 0. The summed E-state index contributed by atoms with van der Waals surface area (Å²) in [7, 11) is 0. The maximum Gasteiger partial charge on any atom is 0.260 e. The van der Waals surface area contributed by atoms with Crippen molar-refractivity contribution in [2.24, 2.45) is 0 Å². The second-order valence-electron chi connectivity index (χ2n) is 5.57. The van der Waals surface area contributed by atoms with Crippen LogP contribution in [-0.4, -0.2) is 33.3 Å². The van der Waals surface area contributed by atoms with Crippen molar-refractivity contribution >= 4 is 40.5 Å². The molecule has 0 spiro atoms. The van der Waals surface area contributed by atoms with Gasteiger partial charge in [-0.15, -0.1) is 0 Å². The van der Waals surface area contributed by atoms with Crippen molar-refractivity contribution in [3.05, 3.63) is 65.2 Å². The van der Waals surface area contributed by atoms with Gasteiger partial charge in [0.1, 0.15) is 0 Å². The number of β-amino-alcohol motifs (C(OH)–C–C–N with tert-alkyl or cyclic N) is 1. The normalized spacial score (nSPS) is 20.9. The Morgan fingerprint density at radius 1 is 1.17 bits per heavy atom. The molecule has 0 aliphatic carbocycles. The molecule has 0 aromatic heterocycles. The molecule has 1 heterocycles. The van der Waals surface area contributed by atoms with Gasteiger partial charge in [-0.05, 0) is 55.5 Å². The molecule has 2 aromatic rings. The summed E-state index contributed by atoms with van der Waals surface area (Å²) in [5, 5.41) is 11.6. The predicted octanol–water partition coefficient (Wildman–Crippen LogP) is 3.30. The Kier molecular flexibility index (Phi) is 4.10. The molecule has 2 aromatic carbocycles. The van der Waals surface area contributed by atoms with E-state index in [-0.39, 0.29) is 17.6 Å². The van der Waals surface area contributed by atoms with E-state index in [0.29, 0.717) is 16.3 Å². The highest BCUT2D eigenvalue weighted by molar-refractivity contribution is 7.80. The van der Waals surface area contributed by atoms with Gasteiger partial charge in [0.15, 0.2) is 10.8 Å². The lowest BCUT2D eigenvalue weighted by atomic mass is 10.2. The molecule has 0 saturated carbocycles. The zero-order valence-corrected chi connectivity index (χ0v) is 14.0. The first kappa shape index (κ1) is 15.9. The van der Waals surface area contributed by atoms with E-state index >= 15 is 0 Å². The Hall–Kier alpha value is -1.95. The van der Waals surface area contributed by atoms with E-state index in [1.54, 1.807) is 60.4 Å². The van der Waals surface area contributed by atoms with E-state index in [4.69, 9.17) is 23.8 Å². The Morgan fingerprint density at radius 3 is 2.39 bits per heavy atom. The highest BCUT2D eigenvalue weighted by Gasteiger charge is 2.46. The number of hydrogen-bond acceptors (Lipinski definition) is 3. The number of nitrogens with zero attached hydrogens (tertiary/aromatic N) is 2. The third kappa shape index (κ3) is 2.95. The van der Waals surface area contributed by atoms with Crippen molar-refractivity contribution in [2.75, 3.05) is 11.4 Å². The van der Waals surface area contributed by atoms with Crippen molar-refractivity contribution in [1.82, 2.24) is 4.90 Å². The molecule has 6 heteroatoms. The molecule has 1 N–H and O–H groups in total. The number of carbonyl (C=O) groups is 1. The quantitative estimate of drug-likeness (QED) is 0.847. The minimum absolute atomic E-state index is 0.0994. The molecule has 1 aliphatic rings. The van der Waals surface area contributed by atoms with Crippen molar-refractivity contribution in [1.29, 1.82) is 0 Å². The largest absolute Gasteiger partial charge is 0.369 e. The van der Waals surface area contributed by atoms with Crippen molar-refractivity contribution < 1.29 is 9.90 Å². The van der Waals surface area contributed by atoms with Gasteiger partial charge in [0.2, 0.25) is 0 Å². The van der Waals surface area contributed by atoms with E-state index in [1.807, 2.05) is 6.07 Å². The van der Waals surface area contributed by atoms with Crippen LogP contribution in [0.25, 0.3) is 0 Å². The summed E-state index contributed by atoms with van der Waals surface area (Å²) in [4.78, 5) is 15.6. The summed E-state index contributed by atoms with van der Waals surface area (Å²) in [5.41, 5.74) is -0.0635. The van der Waals surface area contributed by atoms with E-state index in [9.17, 15) is 9.90 Å². The first-order valence-electron chi connectivity index (χ1n) is 7.09. The summed E-state index contributed by atoms with van der Waals surface area (Å²) in [5.74, 6) is -0.229. The summed E-state index contributed by atoms with van der Waals surface area (Å²) in [6.45, 7) is 1.73. The van der Waals surface area contributed by atoms with Gasteiger partial charge in [0, 0.05) is 16.3 Å². The maximum atomic E-state index is 12.7. The molecular weight excluding hydrogens is 332 g/mol. The molecule has 4 nitrogen and oxygen atoms in total. The number of benzene rings is 2. The number of anilines is 1. The Balaban J connectivity index is 1.93. The molecule has 3 rings (SSSR count). The van der Waals surface area contributed by atoms with E-state index in [0.717, 1.165) is 0 Å². The highest BCUT2D eigenvalue weighted by atomic mass is 35.5. The van der Waals surface area contributed by atoms with Crippen molar-refractivity contribution in [3.8, 4) is 0 Å². The van der Waals surface area contributed by atoms with Gasteiger partial charge in [0.05, 0.1) is 6.54 Å². The summed E-state index contributed by atoms with van der Waals surface area (Å²) in [6, 6.07) is 15.8. The van der Waals surface area contributed by atoms with Crippen LogP contribution in [0.3, 0.4) is 0 Å². The summed E-state index contributed by atoms with van der Waals surface area (Å²) < 4.78 is 0. The minimum Gasteiger partial charge on any atom is -0.369 e. The Labute approximate surface area is 144 Å². The van der Waals surface area contributed by atoms with Gasteiger partial charge in [-0.2, -0.15) is 0 Å². The van der Waals surface area contributed by atoms with E-state index in [1.165, 1.54) is 4.90 Å².